The van der Waals surface area contributed by atoms with Crippen molar-refractivity contribution in [3.05, 3.63) is 0 Å². The molecule has 0 unspecified atom stereocenters. The van der Waals surface area contributed by atoms with Crippen LogP contribution in [-0.4, -0.2) is 17.5 Å². The first-order chi connectivity index (χ1) is 2.91. The summed E-state index contributed by atoms with van der Waals surface area (Å²) in [7, 11) is 0. The lowest BCUT2D eigenvalue weighted by Gasteiger charge is -1.83. The van der Waals surface area contributed by atoms with E-state index >= 15 is 0 Å². The number of hydrogen-bond acceptors (Lipinski definition) is 2. The van der Waals surface area contributed by atoms with E-state index in [1.54, 1.807) is 0 Å². The van der Waals surface area contributed by atoms with E-state index in [1.165, 1.54) is 6.47 Å². The molecule has 0 aromatic heterocycles. The fourth-order valence-corrected chi connectivity index (χ4v) is 0.300. The van der Waals surface area contributed by atoms with Gasteiger partial charge in [-0.3, -0.25) is 0 Å². The Balaban J connectivity index is 2.49. The first kappa shape index (κ1) is 6.20. The third-order valence-electron chi connectivity index (χ3n) is 0.238. The average Bonchev–Trinajstić information content (AvgIpc) is 1.61. The maximum atomic E-state index is 9.21. The highest BCUT2D eigenvalue weighted by Gasteiger charge is 1.75. The monoisotopic (exact) mass is 199 g/mol. The highest BCUT2D eigenvalue weighted by molar-refractivity contribution is 14.1. The molecule has 0 aliphatic rings. The van der Waals surface area contributed by atoms with E-state index in [0.29, 0.717) is 6.61 Å². The molecule has 0 aromatic carbocycles. The van der Waals surface area contributed by atoms with Gasteiger partial charge in [0.15, 0.2) is 0 Å². The van der Waals surface area contributed by atoms with Crippen LogP contribution < -0.4 is 0 Å². The fraction of sp³-hybridized carbons (Fsp3) is 0.667. The molecule has 0 rings (SSSR count). The third-order valence-corrected chi connectivity index (χ3v) is 0.679. The zero-order valence-electron chi connectivity index (χ0n) is 3.11. The van der Waals surface area contributed by atoms with Crippen LogP contribution in [0.15, 0.2) is 0 Å². The van der Waals surface area contributed by atoms with Crippen LogP contribution in [-0.2, 0) is 9.53 Å². The number of ether oxygens (including phenoxy) is 1. The summed E-state index contributed by atoms with van der Waals surface area (Å²) >= 11 is 2.11. The van der Waals surface area contributed by atoms with Crippen LogP contribution in [0.4, 0.5) is 0 Å². The second-order valence-electron chi connectivity index (χ2n) is 0.621. The molecule has 0 aromatic rings. The second kappa shape index (κ2) is 5.20. The molecule has 0 spiro atoms. The minimum atomic E-state index is 0.476. The summed E-state index contributed by atoms with van der Waals surface area (Å²) in [6, 6.07) is 0. The Kier molecular flexibility index (Phi) is 5.37. The van der Waals surface area contributed by atoms with E-state index in [-0.39, 0.29) is 0 Å². The number of rotatable bonds is 3. The fourth-order valence-electron chi connectivity index (χ4n) is 0.0802. The third kappa shape index (κ3) is 4.20. The summed E-state index contributed by atoms with van der Waals surface area (Å²) in [6.07, 6.45) is 0. The topological polar surface area (TPSA) is 26.3 Å². The van der Waals surface area contributed by atoms with Crippen molar-refractivity contribution in [3.63, 3.8) is 0 Å². The minimum Gasteiger partial charge on any atom is -0.456 e. The van der Waals surface area contributed by atoms with Crippen LogP contribution in [0.25, 0.3) is 0 Å². The van der Waals surface area contributed by atoms with E-state index in [0.717, 1.165) is 4.43 Å². The van der Waals surface area contributed by atoms with Crippen LogP contribution in [0.2, 0.25) is 0 Å². The first-order valence-electron chi connectivity index (χ1n) is 1.46. The quantitative estimate of drug-likeness (QED) is 0.376. The Morgan fingerprint density at radius 1 is 1.83 bits per heavy atom. The van der Waals surface area contributed by atoms with Gasteiger partial charge < -0.3 is 4.74 Å². The van der Waals surface area contributed by atoms with Crippen LogP contribution in [0, 0.1) is 0 Å². The van der Waals surface area contributed by atoms with E-state index in [2.05, 4.69) is 27.3 Å². The van der Waals surface area contributed by atoms with Crippen LogP contribution >= 0.6 is 22.6 Å². The van der Waals surface area contributed by atoms with Crippen molar-refractivity contribution in [3.8, 4) is 0 Å². The van der Waals surface area contributed by atoms with E-state index in [9.17, 15) is 4.79 Å². The zero-order chi connectivity index (χ0) is 4.83. The normalized spacial score (nSPS) is 7.50. The van der Waals surface area contributed by atoms with Crippen molar-refractivity contribution in [1.82, 2.24) is 0 Å². The van der Waals surface area contributed by atoms with Gasteiger partial charge in [0.25, 0.3) is 0 Å². The largest absolute Gasteiger partial charge is 0.456 e. The molecule has 3 heteroatoms. The van der Waals surface area contributed by atoms with Gasteiger partial charge in [0.05, 0.1) is 0 Å². The molecule has 0 heterocycles. The summed E-state index contributed by atoms with van der Waals surface area (Å²) in [5.74, 6) is 0. The van der Waals surface area contributed by atoms with Crippen molar-refractivity contribution in [1.29, 1.82) is 0 Å². The van der Waals surface area contributed by atoms with E-state index in [4.69, 9.17) is 0 Å². The van der Waals surface area contributed by atoms with Gasteiger partial charge in [-0.2, -0.15) is 0 Å². The van der Waals surface area contributed by atoms with Crippen molar-refractivity contribution in [2.45, 2.75) is 0 Å². The highest BCUT2D eigenvalue weighted by atomic mass is 127. The Bertz CT molecular complexity index is 37.8. The predicted octanol–water partition coefficient (Wildman–Crippen LogP) is 0.505. The van der Waals surface area contributed by atoms with Gasteiger partial charge >= 0.3 is 6.47 Å². The Morgan fingerprint density at radius 3 is 2.67 bits per heavy atom. The molecule has 0 amide bonds. The number of halogens is 1. The molecule has 0 aliphatic carbocycles. The summed E-state index contributed by atoms with van der Waals surface area (Å²) in [4.78, 5) is 9.21. The van der Waals surface area contributed by atoms with Gasteiger partial charge in [0.1, 0.15) is 6.61 Å². The van der Waals surface area contributed by atoms with Crippen molar-refractivity contribution < 1.29 is 9.53 Å². The molecule has 0 aliphatic heterocycles. The molecule has 0 saturated heterocycles. The molecule has 0 N–H and O–H groups in total. The van der Waals surface area contributed by atoms with Gasteiger partial charge in [-0.05, 0) is 0 Å². The Hall–Kier alpha value is 0.200. The van der Waals surface area contributed by atoms with Gasteiger partial charge in [-0.1, -0.05) is 22.6 Å². The Morgan fingerprint density at radius 2 is 2.50 bits per heavy atom. The van der Waals surface area contributed by atoms with Crippen LogP contribution in [0.3, 0.4) is 0 Å². The maximum absolute atomic E-state index is 9.21. The van der Waals surface area contributed by atoms with Crippen LogP contribution in [0.5, 0.6) is 0 Å². The highest BCUT2D eigenvalue weighted by Crippen LogP contribution is 1.77. The number of alkyl halides is 1. The molecule has 1 radical (unpaired) electrons. The Labute approximate surface area is 50.0 Å². The lowest BCUT2D eigenvalue weighted by Crippen LogP contribution is -1.89. The molecule has 0 bridgehead atoms. The molecule has 2 nitrogen and oxygen atoms in total. The second-order valence-corrected chi connectivity index (χ2v) is 1.70. The lowest BCUT2D eigenvalue weighted by atomic mass is 10.9. The molecule has 0 saturated carbocycles. The zero-order valence-corrected chi connectivity index (χ0v) is 5.27. The van der Waals surface area contributed by atoms with E-state index < -0.39 is 0 Å². The first-order valence-corrected chi connectivity index (χ1v) is 2.99. The van der Waals surface area contributed by atoms with E-state index in [1.807, 2.05) is 0 Å². The molecular formula is C3H4IO2. The molecule has 0 atom stereocenters. The molecule has 35 valence electrons. The van der Waals surface area contributed by atoms with Crippen molar-refractivity contribution >= 4 is 29.1 Å². The number of hydrogen-bond donors (Lipinski definition) is 0. The molecular weight excluding hydrogens is 195 g/mol. The lowest BCUT2D eigenvalue weighted by molar-refractivity contribution is 0.301. The molecule has 0 fully saturated rings. The van der Waals surface area contributed by atoms with Crippen molar-refractivity contribution in [2.24, 2.45) is 0 Å². The SMILES string of the molecule is O=[C]OCCI. The summed E-state index contributed by atoms with van der Waals surface area (Å²) < 4.78 is 5.01. The predicted molar refractivity (Wildman–Crippen MR) is 30.5 cm³/mol. The summed E-state index contributed by atoms with van der Waals surface area (Å²) in [5.41, 5.74) is 0. The minimum absolute atomic E-state index is 0.476. The smallest absolute Gasteiger partial charge is 0.417 e. The van der Waals surface area contributed by atoms with Gasteiger partial charge in [-0.15, -0.1) is 0 Å². The number of carbonyl (C=O) groups excluding carboxylic acids is 1. The van der Waals surface area contributed by atoms with Crippen molar-refractivity contribution in [2.75, 3.05) is 11.0 Å². The summed E-state index contributed by atoms with van der Waals surface area (Å²) in [5, 5.41) is 0. The average molecular weight is 199 g/mol. The molecule has 6 heavy (non-hydrogen) atoms. The summed E-state index contributed by atoms with van der Waals surface area (Å²) in [6.45, 7) is 1.79. The van der Waals surface area contributed by atoms with Crippen LogP contribution in [0.1, 0.15) is 0 Å². The maximum Gasteiger partial charge on any atom is 0.417 e. The van der Waals surface area contributed by atoms with Gasteiger partial charge in [0, 0.05) is 4.43 Å². The van der Waals surface area contributed by atoms with Gasteiger partial charge in [-0.25, -0.2) is 4.79 Å². The standard InChI is InChI=1S/C3H4IO2/c4-1-2-6-3-5/h1-2H2. The van der Waals surface area contributed by atoms with Gasteiger partial charge in [0.2, 0.25) is 0 Å².